The Morgan fingerprint density at radius 2 is 1.38 bits per heavy atom. The Labute approximate surface area is 80.5 Å². The molecule has 0 aromatic rings. The normalized spacial score (nSPS) is 9.31. The van der Waals surface area contributed by atoms with Gasteiger partial charge in [0.1, 0.15) is 0 Å². The van der Waals surface area contributed by atoms with Crippen LogP contribution in [0.3, 0.4) is 0 Å². The smallest absolute Gasteiger partial charge is 0.259 e. The third-order valence-corrected chi connectivity index (χ3v) is 1.10. The Kier molecular flexibility index (Phi) is 4.97. The fraction of sp³-hybridized carbons (Fsp3) is 0.455. The van der Waals surface area contributed by atoms with Crippen molar-refractivity contribution in [1.29, 1.82) is 0 Å². The standard InChI is InChI=1S/C11H18O2/c1-8(2)7-11(12-9(3)4)13-10(5)6/h7,11H,3,5H2,1-2,4,6H3. The Bertz CT molecular complexity index is 206. The van der Waals surface area contributed by atoms with Gasteiger partial charge >= 0.3 is 0 Å². The fourth-order valence-corrected chi connectivity index (χ4v) is 0.761. The summed E-state index contributed by atoms with van der Waals surface area (Å²) < 4.78 is 10.6. The number of rotatable bonds is 5. The summed E-state index contributed by atoms with van der Waals surface area (Å²) in [6.45, 7) is 14.8. The zero-order valence-electron chi connectivity index (χ0n) is 8.89. The zero-order chi connectivity index (χ0) is 10.4. The minimum atomic E-state index is -0.403. The quantitative estimate of drug-likeness (QED) is 0.368. The summed E-state index contributed by atoms with van der Waals surface area (Å²) >= 11 is 0. The van der Waals surface area contributed by atoms with E-state index < -0.39 is 6.29 Å². The minimum absolute atomic E-state index is 0.403. The van der Waals surface area contributed by atoms with Crippen LogP contribution >= 0.6 is 0 Å². The van der Waals surface area contributed by atoms with Crippen LogP contribution in [0.2, 0.25) is 0 Å². The summed E-state index contributed by atoms with van der Waals surface area (Å²) in [6.07, 6.45) is 1.48. The highest BCUT2D eigenvalue weighted by atomic mass is 16.7. The minimum Gasteiger partial charge on any atom is -0.456 e. The molecular weight excluding hydrogens is 164 g/mol. The van der Waals surface area contributed by atoms with Gasteiger partial charge in [0.05, 0.1) is 11.5 Å². The number of ether oxygens (including phenoxy) is 2. The molecule has 0 bridgehead atoms. The van der Waals surface area contributed by atoms with Crippen LogP contribution < -0.4 is 0 Å². The molecule has 0 aliphatic rings. The van der Waals surface area contributed by atoms with E-state index in [9.17, 15) is 0 Å². The summed E-state index contributed by atoms with van der Waals surface area (Å²) in [5.74, 6) is 1.26. The van der Waals surface area contributed by atoms with Gasteiger partial charge in [0.2, 0.25) is 0 Å². The molecule has 0 aliphatic carbocycles. The van der Waals surface area contributed by atoms with Gasteiger partial charge < -0.3 is 9.47 Å². The molecule has 0 saturated carbocycles. The average molecular weight is 182 g/mol. The molecular formula is C11H18O2. The fourth-order valence-electron chi connectivity index (χ4n) is 0.761. The second-order valence-electron chi connectivity index (χ2n) is 3.25. The summed E-state index contributed by atoms with van der Waals surface area (Å²) in [7, 11) is 0. The maximum Gasteiger partial charge on any atom is 0.259 e. The lowest BCUT2D eigenvalue weighted by Gasteiger charge is -2.17. The second-order valence-corrected chi connectivity index (χ2v) is 3.25. The Morgan fingerprint density at radius 1 is 1.00 bits per heavy atom. The van der Waals surface area contributed by atoms with Crippen LogP contribution in [-0.2, 0) is 9.47 Å². The highest BCUT2D eigenvalue weighted by Gasteiger charge is 2.06. The van der Waals surface area contributed by atoms with Gasteiger partial charge in [-0.05, 0) is 33.8 Å². The molecule has 0 unspecified atom stereocenters. The Balaban J connectivity index is 4.27. The third-order valence-electron chi connectivity index (χ3n) is 1.10. The first-order valence-corrected chi connectivity index (χ1v) is 4.21. The van der Waals surface area contributed by atoms with Crippen molar-refractivity contribution in [3.05, 3.63) is 36.3 Å². The highest BCUT2D eigenvalue weighted by molar-refractivity contribution is 4.98. The third kappa shape index (κ3) is 7.19. The van der Waals surface area contributed by atoms with Crippen LogP contribution in [0.1, 0.15) is 27.7 Å². The molecule has 0 radical (unpaired) electrons. The SMILES string of the molecule is C=C(C)OC(C=C(C)C)OC(=C)C. The van der Waals surface area contributed by atoms with Gasteiger partial charge in [-0.15, -0.1) is 0 Å². The number of hydrogen-bond acceptors (Lipinski definition) is 2. The van der Waals surface area contributed by atoms with Crippen LogP contribution in [-0.4, -0.2) is 6.29 Å². The van der Waals surface area contributed by atoms with Crippen LogP contribution in [0.25, 0.3) is 0 Å². The summed E-state index contributed by atoms with van der Waals surface area (Å²) in [5.41, 5.74) is 1.13. The summed E-state index contributed by atoms with van der Waals surface area (Å²) in [5, 5.41) is 0. The highest BCUT2D eigenvalue weighted by Crippen LogP contribution is 2.09. The zero-order valence-corrected chi connectivity index (χ0v) is 8.89. The summed E-state index contributed by atoms with van der Waals surface area (Å²) in [6, 6.07) is 0. The first kappa shape index (κ1) is 11.8. The van der Waals surface area contributed by atoms with E-state index in [0.717, 1.165) is 5.57 Å². The average Bonchev–Trinajstić information content (AvgIpc) is 1.80. The van der Waals surface area contributed by atoms with Gasteiger partial charge in [0, 0.05) is 0 Å². The maximum absolute atomic E-state index is 5.32. The Morgan fingerprint density at radius 3 is 1.62 bits per heavy atom. The van der Waals surface area contributed by atoms with Crippen LogP contribution in [0.5, 0.6) is 0 Å². The Hall–Kier alpha value is -1.18. The molecule has 13 heavy (non-hydrogen) atoms. The van der Waals surface area contributed by atoms with Crippen molar-refractivity contribution >= 4 is 0 Å². The van der Waals surface area contributed by atoms with E-state index in [4.69, 9.17) is 9.47 Å². The van der Waals surface area contributed by atoms with Crippen molar-refractivity contribution in [2.45, 2.75) is 34.0 Å². The van der Waals surface area contributed by atoms with Crippen molar-refractivity contribution < 1.29 is 9.47 Å². The van der Waals surface area contributed by atoms with Gasteiger partial charge in [0.15, 0.2) is 0 Å². The van der Waals surface area contributed by atoms with Gasteiger partial charge in [0.25, 0.3) is 6.29 Å². The molecule has 2 heteroatoms. The van der Waals surface area contributed by atoms with E-state index in [2.05, 4.69) is 13.2 Å². The first-order chi connectivity index (χ1) is 5.91. The molecule has 0 saturated heterocycles. The second kappa shape index (κ2) is 5.46. The number of hydrogen-bond donors (Lipinski definition) is 0. The van der Waals surface area contributed by atoms with E-state index in [-0.39, 0.29) is 0 Å². The molecule has 0 atom stereocenters. The van der Waals surface area contributed by atoms with Gasteiger partial charge in [-0.3, -0.25) is 0 Å². The van der Waals surface area contributed by atoms with E-state index in [1.54, 1.807) is 13.8 Å². The molecule has 0 aromatic carbocycles. The van der Waals surface area contributed by atoms with Crippen molar-refractivity contribution in [3.63, 3.8) is 0 Å². The molecule has 0 rings (SSSR count). The molecule has 0 heterocycles. The van der Waals surface area contributed by atoms with Gasteiger partial charge in [-0.1, -0.05) is 18.7 Å². The first-order valence-electron chi connectivity index (χ1n) is 4.21. The molecule has 0 amide bonds. The lowest BCUT2D eigenvalue weighted by atomic mass is 10.3. The largest absolute Gasteiger partial charge is 0.456 e. The molecule has 0 N–H and O–H groups in total. The monoisotopic (exact) mass is 182 g/mol. The predicted molar refractivity (Wildman–Crippen MR) is 55.0 cm³/mol. The van der Waals surface area contributed by atoms with Crippen LogP contribution in [0, 0.1) is 0 Å². The van der Waals surface area contributed by atoms with Crippen LogP contribution in [0.4, 0.5) is 0 Å². The molecule has 0 aliphatic heterocycles. The van der Waals surface area contributed by atoms with E-state index in [1.807, 2.05) is 19.9 Å². The van der Waals surface area contributed by atoms with Crippen LogP contribution in [0.15, 0.2) is 36.3 Å². The molecule has 0 aromatic heterocycles. The molecule has 0 spiro atoms. The van der Waals surface area contributed by atoms with E-state index >= 15 is 0 Å². The molecule has 2 nitrogen and oxygen atoms in total. The lowest BCUT2D eigenvalue weighted by Crippen LogP contribution is -2.12. The van der Waals surface area contributed by atoms with Crippen molar-refractivity contribution in [2.24, 2.45) is 0 Å². The maximum atomic E-state index is 5.32. The van der Waals surface area contributed by atoms with Gasteiger partial charge in [-0.2, -0.15) is 0 Å². The van der Waals surface area contributed by atoms with E-state index in [0.29, 0.717) is 11.5 Å². The van der Waals surface area contributed by atoms with Crippen molar-refractivity contribution in [3.8, 4) is 0 Å². The molecule has 0 fully saturated rings. The number of allylic oxidation sites excluding steroid dienone is 3. The summed E-state index contributed by atoms with van der Waals surface area (Å²) in [4.78, 5) is 0. The lowest BCUT2D eigenvalue weighted by molar-refractivity contribution is -0.0485. The van der Waals surface area contributed by atoms with Crippen molar-refractivity contribution in [1.82, 2.24) is 0 Å². The van der Waals surface area contributed by atoms with Crippen molar-refractivity contribution in [2.75, 3.05) is 0 Å². The van der Waals surface area contributed by atoms with E-state index in [1.165, 1.54) is 0 Å². The predicted octanol–water partition coefficient (Wildman–Crippen LogP) is 3.38. The molecule has 74 valence electrons. The van der Waals surface area contributed by atoms with Gasteiger partial charge in [-0.25, -0.2) is 0 Å². The topological polar surface area (TPSA) is 18.5 Å².